The molecule has 1 rings (SSSR count). The maximum atomic E-state index is 10.1. The summed E-state index contributed by atoms with van der Waals surface area (Å²) in [5, 5.41) is 20.2. The van der Waals surface area contributed by atoms with E-state index >= 15 is 0 Å². The van der Waals surface area contributed by atoms with Gasteiger partial charge in [-0.15, -0.1) is 0 Å². The molecule has 0 saturated heterocycles. The molecule has 0 amide bonds. The third-order valence-electron chi connectivity index (χ3n) is 4.26. The Balaban J connectivity index is 2.55. The molecule has 0 bridgehead atoms. The van der Waals surface area contributed by atoms with Gasteiger partial charge in [-0.1, -0.05) is 53.9 Å². The van der Waals surface area contributed by atoms with Crippen molar-refractivity contribution in [3.63, 3.8) is 0 Å². The summed E-state index contributed by atoms with van der Waals surface area (Å²) in [6.07, 6.45) is 5.54. The van der Waals surface area contributed by atoms with Gasteiger partial charge in [-0.3, -0.25) is 0 Å². The molecular formula is C19H32O2. The van der Waals surface area contributed by atoms with Crippen LogP contribution >= 0.6 is 0 Å². The van der Waals surface area contributed by atoms with Crippen LogP contribution < -0.4 is 0 Å². The summed E-state index contributed by atoms with van der Waals surface area (Å²) in [5.74, 6) is 2.20. The lowest BCUT2D eigenvalue weighted by atomic mass is 9.92. The van der Waals surface area contributed by atoms with Crippen LogP contribution in [0.4, 0.5) is 0 Å². The van der Waals surface area contributed by atoms with E-state index in [1.165, 1.54) is 19.3 Å². The standard InChI is InChI=1S/C19H32O2/c1-13(2)7-6-8-15(5)9-10-17-18(20)11-16(14(3)4)12-19(17)21/h11-15,20-21H,6-10H2,1-5H3. The van der Waals surface area contributed by atoms with E-state index in [-0.39, 0.29) is 11.5 Å². The van der Waals surface area contributed by atoms with Crippen molar-refractivity contribution in [1.82, 2.24) is 0 Å². The fourth-order valence-electron chi connectivity index (χ4n) is 2.66. The maximum Gasteiger partial charge on any atom is 0.122 e. The van der Waals surface area contributed by atoms with Crippen LogP contribution in [0.5, 0.6) is 11.5 Å². The van der Waals surface area contributed by atoms with Gasteiger partial charge in [0.2, 0.25) is 0 Å². The minimum atomic E-state index is 0.244. The van der Waals surface area contributed by atoms with Crippen LogP contribution in [0.1, 0.15) is 77.3 Å². The zero-order chi connectivity index (χ0) is 16.0. The Morgan fingerprint density at radius 1 is 0.857 bits per heavy atom. The van der Waals surface area contributed by atoms with Crippen LogP contribution in [0.3, 0.4) is 0 Å². The number of hydrogen-bond acceptors (Lipinski definition) is 2. The highest BCUT2D eigenvalue weighted by Gasteiger charge is 2.13. The predicted octanol–water partition coefficient (Wildman–Crippen LogP) is 5.62. The molecule has 1 aromatic carbocycles. The first-order valence-corrected chi connectivity index (χ1v) is 8.36. The summed E-state index contributed by atoms with van der Waals surface area (Å²) >= 11 is 0. The maximum absolute atomic E-state index is 10.1. The molecule has 0 aromatic heterocycles. The van der Waals surface area contributed by atoms with Crippen molar-refractivity contribution in [2.24, 2.45) is 11.8 Å². The van der Waals surface area contributed by atoms with Crippen molar-refractivity contribution >= 4 is 0 Å². The Morgan fingerprint density at radius 3 is 1.90 bits per heavy atom. The SMILES string of the molecule is CC(C)CCCC(C)CCc1c(O)cc(C(C)C)cc1O. The molecule has 0 saturated carbocycles. The summed E-state index contributed by atoms with van der Waals surface area (Å²) in [6, 6.07) is 3.59. The zero-order valence-corrected chi connectivity index (χ0v) is 14.3. The molecule has 0 aliphatic rings. The van der Waals surface area contributed by atoms with Gasteiger partial charge in [0, 0.05) is 5.56 Å². The van der Waals surface area contributed by atoms with Crippen molar-refractivity contribution < 1.29 is 10.2 Å². The summed E-state index contributed by atoms with van der Waals surface area (Å²) in [5.41, 5.74) is 1.69. The molecular weight excluding hydrogens is 260 g/mol. The first-order chi connectivity index (χ1) is 9.81. The number of phenolic OH excluding ortho intramolecular Hbond substituents is 2. The van der Waals surface area contributed by atoms with Gasteiger partial charge in [0.05, 0.1) is 0 Å². The van der Waals surface area contributed by atoms with Gasteiger partial charge in [-0.25, -0.2) is 0 Å². The average molecular weight is 292 g/mol. The van der Waals surface area contributed by atoms with Gasteiger partial charge in [0.1, 0.15) is 11.5 Å². The minimum absolute atomic E-state index is 0.244. The summed E-state index contributed by atoms with van der Waals surface area (Å²) in [7, 11) is 0. The van der Waals surface area contributed by atoms with Gasteiger partial charge in [-0.2, -0.15) is 0 Å². The van der Waals surface area contributed by atoms with Crippen LogP contribution in [-0.2, 0) is 6.42 Å². The van der Waals surface area contributed by atoms with Crippen LogP contribution in [0.2, 0.25) is 0 Å². The minimum Gasteiger partial charge on any atom is -0.508 e. The van der Waals surface area contributed by atoms with Crippen LogP contribution in [0.15, 0.2) is 12.1 Å². The third-order valence-corrected chi connectivity index (χ3v) is 4.26. The van der Waals surface area contributed by atoms with Gasteiger partial charge in [0.25, 0.3) is 0 Å². The molecule has 2 N–H and O–H groups in total. The van der Waals surface area contributed by atoms with Crippen molar-refractivity contribution in [3.8, 4) is 11.5 Å². The molecule has 21 heavy (non-hydrogen) atoms. The molecule has 0 spiro atoms. The number of aromatic hydroxyl groups is 2. The van der Waals surface area contributed by atoms with E-state index in [9.17, 15) is 10.2 Å². The molecule has 0 heterocycles. The van der Waals surface area contributed by atoms with Gasteiger partial charge in [0.15, 0.2) is 0 Å². The molecule has 0 radical (unpaired) electrons. The van der Waals surface area contributed by atoms with E-state index in [2.05, 4.69) is 34.6 Å². The Labute approximate surface area is 130 Å². The molecule has 1 atom stereocenters. The highest BCUT2D eigenvalue weighted by molar-refractivity contribution is 5.47. The lowest BCUT2D eigenvalue weighted by Gasteiger charge is -2.15. The third kappa shape index (κ3) is 5.99. The molecule has 2 heteroatoms. The normalized spacial score (nSPS) is 13.1. The monoisotopic (exact) mass is 292 g/mol. The topological polar surface area (TPSA) is 40.5 Å². The Hall–Kier alpha value is -1.18. The second kappa shape index (κ2) is 8.31. The van der Waals surface area contributed by atoms with Crippen LogP contribution in [0.25, 0.3) is 0 Å². The first-order valence-electron chi connectivity index (χ1n) is 8.36. The lowest BCUT2D eigenvalue weighted by Crippen LogP contribution is -2.00. The predicted molar refractivity (Wildman–Crippen MR) is 90.0 cm³/mol. The molecule has 120 valence electrons. The molecule has 0 fully saturated rings. The molecule has 0 aliphatic heterocycles. The second-order valence-electron chi connectivity index (χ2n) is 7.16. The largest absolute Gasteiger partial charge is 0.508 e. The fraction of sp³-hybridized carbons (Fsp3) is 0.684. The summed E-state index contributed by atoms with van der Waals surface area (Å²) < 4.78 is 0. The Bertz CT molecular complexity index is 412. The van der Waals surface area contributed by atoms with Gasteiger partial charge in [-0.05, 0) is 48.3 Å². The van der Waals surface area contributed by atoms with Gasteiger partial charge >= 0.3 is 0 Å². The smallest absolute Gasteiger partial charge is 0.122 e. The van der Waals surface area contributed by atoms with Crippen molar-refractivity contribution in [1.29, 1.82) is 0 Å². The number of rotatable bonds is 8. The Kier molecular flexibility index (Phi) is 7.07. The van der Waals surface area contributed by atoms with Gasteiger partial charge < -0.3 is 10.2 Å². The quantitative estimate of drug-likeness (QED) is 0.653. The van der Waals surface area contributed by atoms with E-state index in [0.29, 0.717) is 17.4 Å². The second-order valence-corrected chi connectivity index (χ2v) is 7.16. The summed E-state index contributed by atoms with van der Waals surface area (Å²) in [6.45, 7) is 10.9. The molecule has 1 unspecified atom stereocenters. The highest BCUT2D eigenvalue weighted by atomic mass is 16.3. The molecule has 1 aromatic rings. The van der Waals surface area contributed by atoms with E-state index in [1.54, 1.807) is 12.1 Å². The zero-order valence-electron chi connectivity index (χ0n) is 14.3. The number of benzene rings is 1. The van der Waals surface area contributed by atoms with Crippen LogP contribution in [-0.4, -0.2) is 10.2 Å². The number of phenols is 2. The summed E-state index contributed by atoms with van der Waals surface area (Å²) in [4.78, 5) is 0. The van der Waals surface area contributed by atoms with Crippen molar-refractivity contribution in [2.75, 3.05) is 0 Å². The van der Waals surface area contributed by atoms with E-state index in [0.717, 1.165) is 24.3 Å². The van der Waals surface area contributed by atoms with E-state index in [1.807, 2.05) is 0 Å². The average Bonchev–Trinajstić information content (AvgIpc) is 2.36. The first kappa shape index (κ1) is 17.9. The number of hydrogen-bond donors (Lipinski definition) is 2. The molecule has 2 nitrogen and oxygen atoms in total. The van der Waals surface area contributed by atoms with Crippen molar-refractivity contribution in [2.45, 2.75) is 72.6 Å². The Morgan fingerprint density at radius 2 is 1.43 bits per heavy atom. The van der Waals surface area contributed by atoms with E-state index in [4.69, 9.17) is 0 Å². The van der Waals surface area contributed by atoms with E-state index < -0.39 is 0 Å². The van der Waals surface area contributed by atoms with Crippen LogP contribution in [0, 0.1) is 11.8 Å². The van der Waals surface area contributed by atoms with Crippen molar-refractivity contribution in [3.05, 3.63) is 23.3 Å². The molecule has 0 aliphatic carbocycles. The lowest BCUT2D eigenvalue weighted by molar-refractivity contribution is 0.413. The highest BCUT2D eigenvalue weighted by Crippen LogP contribution is 2.33. The fourth-order valence-corrected chi connectivity index (χ4v) is 2.66.